The smallest absolute Gasteiger partial charge is 0.306 e. The van der Waals surface area contributed by atoms with Gasteiger partial charge >= 0.3 is 5.97 Å². The van der Waals surface area contributed by atoms with Gasteiger partial charge in [0.2, 0.25) is 5.91 Å². The van der Waals surface area contributed by atoms with Crippen LogP contribution in [-0.4, -0.2) is 69.4 Å². The van der Waals surface area contributed by atoms with Gasteiger partial charge in [-0.3, -0.25) is 14.2 Å². The Morgan fingerprint density at radius 1 is 0.434 bits per heavy atom. The molecular formula is C73H127N2O7P. The third kappa shape index (κ3) is 62.8. The standard InChI is InChI=1S/C73H127N2O7P/c1-7-10-13-16-19-22-25-28-30-32-34-35-36-37-38-39-41-43-45-48-51-54-57-60-63-66-73(77)82-71(64-61-58-55-52-49-46-27-24-21-18-15-12-9-3)70(69-81-83(78,79)80-68-67-75(4,5)6)74-72(76)65-62-59-56-53-50-47-44-42-40-33-31-29-26-23-20-17-14-11-8-2/h10,13,19-20,22-23,28-31,34-35,37-38,40-43,61,64,70-71H,7-9,11-12,14-18,21,24-27,32-33,36,39,44-60,62-63,65-69H2,1-6H3,(H-,74,76,78,79)/b13-10-,22-19-,23-20-,30-28-,31-29-,35-34-,38-37-,42-40-,43-41-,64-61-. The highest BCUT2D eigenvalue weighted by atomic mass is 31.2. The second-order valence-corrected chi connectivity index (χ2v) is 25.0. The van der Waals surface area contributed by atoms with Crippen LogP contribution < -0.4 is 10.2 Å². The lowest BCUT2D eigenvalue weighted by molar-refractivity contribution is -0.870. The normalized spacial score (nSPS) is 14.3. The van der Waals surface area contributed by atoms with E-state index in [1.165, 1.54) is 83.5 Å². The fraction of sp³-hybridized carbons (Fsp3) is 0.699. The van der Waals surface area contributed by atoms with E-state index in [4.69, 9.17) is 13.8 Å². The van der Waals surface area contributed by atoms with Crippen molar-refractivity contribution >= 4 is 19.7 Å². The van der Waals surface area contributed by atoms with Crippen molar-refractivity contribution in [3.05, 3.63) is 122 Å². The molecule has 0 fully saturated rings. The van der Waals surface area contributed by atoms with Gasteiger partial charge in [-0.25, -0.2) is 0 Å². The highest BCUT2D eigenvalue weighted by Gasteiger charge is 2.27. The van der Waals surface area contributed by atoms with Crippen molar-refractivity contribution in [1.29, 1.82) is 0 Å². The maximum Gasteiger partial charge on any atom is 0.306 e. The lowest BCUT2D eigenvalue weighted by Crippen LogP contribution is -2.47. The van der Waals surface area contributed by atoms with Crippen LogP contribution in [0, 0.1) is 0 Å². The molecule has 0 rings (SSSR count). The van der Waals surface area contributed by atoms with Crippen molar-refractivity contribution in [2.45, 2.75) is 290 Å². The number of nitrogens with one attached hydrogen (secondary N) is 1. The molecule has 1 amide bonds. The average Bonchev–Trinajstić information content (AvgIpc) is 3.46. The highest BCUT2D eigenvalue weighted by molar-refractivity contribution is 7.45. The molecule has 0 saturated heterocycles. The van der Waals surface area contributed by atoms with Crippen LogP contribution in [0.2, 0.25) is 0 Å². The van der Waals surface area contributed by atoms with Crippen molar-refractivity contribution in [3.63, 3.8) is 0 Å². The summed E-state index contributed by atoms with van der Waals surface area (Å²) in [6.45, 7) is 6.68. The fourth-order valence-electron chi connectivity index (χ4n) is 9.18. The number of unbranched alkanes of at least 4 members (excludes halogenated alkanes) is 26. The Hall–Kier alpha value is -3.59. The van der Waals surface area contributed by atoms with Crippen LogP contribution in [0.25, 0.3) is 0 Å². The minimum absolute atomic E-state index is 0.0338. The minimum Gasteiger partial charge on any atom is -0.756 e. The first-order valence-corrected chi connectivity index (χ1v) is 35.3. The molecule has 0 radical (unpaired) electrons. The maximum atomic E-state index is 13.6. The molecule has 10 heteroatoms. The molecule has 9 nitrogen and oxygen atoms in total. The first-order valence-electron chi connectivity index (χ1n) is 33.8. The van der Waals surface area contributed by atoms with Gasteiger partial charge < -0.3 is 28.5 Å². The number of quaternary nitrogens is 1. The fourth-order valence-corrected chi connectivity index (χ4v) is 9.90. The van der Waals surface area contributed by atoms with Crippen molar-refractivity contribution in [1.82, 2.24) is 5.32 Å². The largest absolute Gasteiger partial charge is 0.756 e. The molecule has 83 heavy (non-hydrogen) atoms. The van der Waals surface area contributed by atoms with Gasteiger partial charge in [-0.05, 0) is 122 Å². The zero-order valence-electron chi connectivity index (χ0n) is 54.4. The Kier molecular flexibility index (Phi) is 58.8. The molecule has 0 aromatic heterocycles. The molecule has 476 valence electrons. The summed E-state index contributed by atoms with van der Waals surface area (Å²) >= 11 is 0. The van der Waals surface area contributed by atoms with E-state index < -0.39 is 26.6 Å². The summed E-state index contributed by atoms with van der Waals surface area (Å²) in [6.07, 6.45) is 85.9. The first kappa shape index (κ1) is 79.4. The number of rotatable bonds is 60. The Morgan fingerprint density at radius 3 is 1.18 bits per heavy atom. The van der Waals surface area contributed by atoms with Crippen LogP contribution >= 0.6 is 7.82 Å². The number of nitrogens with zero attached hydrogens (tertiary/aromatic N) is 1. The molecule has 3 unspecified atom stereocenters. The number of phosphoric acid groups is 1. The number of hydrogen-bond donors (Lipinski definition) is 1. The first-order chi connectivity index (χ1) is 40.4. The van der Waals surface area contributed by atoms with Crippen molar-refractivity contribution in [2.24, 2.45) is 0 Å². The van der Waals surface area contributed by atoms with Crippen molar-refractivity contribution < 1.29 is 37.3 Å². The summed E-state index contributed by atoms with van der Waals surface area (Å²) in [6, 6.07) is -0.911. The maximum absolute atomic E-state index is 13.6. The number of allylic oxidation sites excluding steroid dienone is 19. The Labute approximate surface area is 512 Å². The molecule has 0 bridgehead atoms. The molecular weight excluding hydrogens is 1050 g/mol. The van der Waals surface area contributed by atoms with Crippen LogP contribution in [0.4, 0.5) is 0 Å². The molecule has 0 aromatic rings. The van der Waals surface area contributed by atoms with E-state index in [0.29, 0.717) is 23.9 Å². The SMILES string of the molecule is CC/C=C\C/C=C\C/C=C\C/C=C\C/C=C\C/C=C\CCCCCCCCC(=O)OC(/C=C\CCCCCCCCCCCCC)C(COP(=O)([O-])OCC[N+](C)(C)C)NC(=O)CCCCCCCC/C=C\C/C=C\C/C=C\CCCCC. The quantitative estimate of drug-likeness (QED) is 0.0212. The molecule has 0 aliphatic rings. The van der Waals surface area contributed by atoms with E-state index in [1.54, 1.807) is 0 Å². The van der Waals surface area contributed by atoms with Crippen LogP contribution in [0.5, 0.6) is 0 Å². The van der Waals surface area contributed by atoms with Crippen LogP contribution in [0.15, 0.2) is 122 Å². The molecule has 3 atom stereocenters. The summed E-state index contributed by atoms with van der Waals surface area (Å²) in [4.78, 5) is 40.1. The van der Waals surface area contributed by atoms with E-state index in [2.05, 4.69) is 135 Å². The number of esters is 1. The average molecular weight is 1180 g/mol. The predicted octanol–water partition coefficient (Wildman–Crippen LogP) is 20.8. The third-order valence-electron chi connectivity index (χ3n) is 14.4. The second kappa shape index (κ2) is 61.5. The summed E-state index contributed by atoms with van der Waals surface area (Å²) < 4.78 is 30.4. The summed E-state index contributed by atoms with van der Waals surface area (Å²) in [5, 5.41) is 3.03. The third-order valence-corrected chi connectivity index (χ3v) is 15.3. The Balaban J connectivity index is 5.25. The number of carbonyl (C=O) groups is 2. The minimum atomic E-state index is -4.72. The zero-order chi connectivity index (χ0) is 60.7. The topological polar surface area (TPSA) is 114 Å². The number of amides is 1. The van der Waals surface area contributed by atoms with E-state index in [0.717, 1.165) is 154 Å². The van der Waals surface area contributed by atoms with Gasteiger partial charge in [0, 0.05) is 12.8 Å². The lowest BCUT2D eigenvalue weighted by Gasteiger charge is -2.30. The number of phosphoric ester groups is 1. The molecule has 0 aliphatic heterocycles. The Morgan fingerprint density at radius 2 is 0.771 bits per heavy atom. The Bertz CT molecular complexity index is 1830. The number of likely N-dealkylation sites (N-methyl/N-ethyl adjacent to an activating group) is 1. The molecule has 0 aliphatic carbocycles. The number of ether oxygens (including phenoxy) is 1. The van der Waals surface area contributed by atoms with Crippen molar-refractivity contribution in [3.8, 4) is 0 Å². The van der Waals surface area contributed by atoms with E-state index >= 15 is 0 Å². The number of hydrogen-bond acceptors (Lipinski definition) is 7. The van der Waals surface area contributed by atoms with E-state index in [1.807, 2.05) is 33.3 Å². The molecule has 1 N–H and O–H groups in total. The molecule has 0 heterocycles. The summed E-state index contributed by atoms with van der Waals surface area (Å²) in [5.41, 5.74) is 0. The second-order valence-electron chi connectivity index (χ2n) is 23.6. The van der Waals surface area contributed by atoms with Gasteiger partial charge in [0.05, 0.1) is 33.8 Å². The van der Waals surface area contributed by atoms with Gasteiger partial charge in [-0.1, -0.05) is 265 Å². The lowest BCUT2D eigenvalue weighted by atomic mass is 10.0. The van der Waals surface area contributed by atoms with Crippen LogP contribution in [-0.2, 0) is 27.9 Å². The summed E-state index contributed by atoms with van der Waals surface area (Å²) in [5.74, 6) is -0.576. The molecule has 0 saturated carbocycles. The summed E-state index contributed by atoms with van der Waals surface area (Å²) in [7, 11) is 1.15. The van der Waals surface area contributed by atoms with E-state index in [-0.39, 0.29) is 24.9 Å². The van der Waals surface area contributed by atoms with Crippen LogP contribution in [0.3, 0.4) is 0 Å². The van der Waals surface area contributed by atoms with Gasteiger partial charge in [0.15, 0.2) is 0 Å². The number of carbonyl (C=O) groups excluding carboxylic acids is 2. The van der Waals surface area contributed by atoms with Gasteiger partial charge in [-0.2, -0.15) is 0 Å². The van der Waals surface area contributed by atoms with Crippen LogP contribution in [0.1, 0.15) is 278 Å². The van der Waals surface area contributed by atoms with Gasteiger partial charge in [-0.15, -0.1) is 0 Å². The highest BCUT2D eigenvalue weighted by Crippen LogP contribution is 2.38. The molecule has 0 spiro atoms. The predicted molar refractivity (Wildman–Crippen MR) is 357 cm³/mol. The van der Waals surface area contributed by atoms with Gasteiger partial charge in [0.25, 0.3) is 7.82 Å². The monoisotopic (exact) mass is 1170 g/mol. The molecule has 0 aromatic carbocycles. The van der Waals surface area contributed by atoms with E-state index in [9.17, 15) is 19.0 Å². The van der Waals surface area contributed by atoms with Crippen molar-refractivity contribution in [2.75, 3.05) is 40.9 Å². The zero-order valence-corrected chi connectivity index (χ0v) is 55.3. The van der Waals surface area contributed by atoms with Gasteiger partial charge in [0.1, 0.15) is 19.3 Å².